The number of para-hydroxylation sites is 1. The molecule has 26 heavy (non-hydrogen) atoms. The molecule has 4 nitrogen and oxygen atoms in total. The van der Waals surface area contributed by atoms with Crippen LogP contribution in [-0.2, 0) is 0 Å². The van der Waals surface area contributed by atoms with Crippen LogP contribution >= 0.6 is 0 Å². The van der Waals surface area contributed by atoms with E-state index < -0.39 is 0 Å². The maximum absolute atomic E-state index is 4.33. The number of hydrogen-bond acceptors (Lipinski definition) is 4. The molecule has 0 bridgehead atoms. The summed E-state index contributed by atoms with van der Waals surface area (Å²) >= 11 is 0. The minimum absolute atomic E-state index is 0.517. The number of fused-ring (bicyclic) bond motifs is 1. The van der Waals surface area contributed by atoms with Crippen molar-refractivity contribution in [3.8, 4) is 0 Å². The zero-order chi connectivity index (χ0) is 18.4. The predicted molar refractivity (Wildman–Crippen MR) is 111 cm³/mol. The quantitative estimate of drug-likeness (QED) is 0.617. The lowest BCUT2D eigenvalue weighted by molar-refractivity contribution is 0.672. The molecule has 1 heterocycles. The first kappa shape index (κ1) is 17.9. The highest BCUT2D eigenvalue weighted by atomic mass is 15.1. The smallest absolute Gasteiger partial charge is 0.0858 e. The van der Waals surface area contributed by atoms with Crippen LogP contribution in [0.2, 0.25) is 0 Å². The molecule has 0 saturated heterocycles. The Hall–Kier alpha value is -2.88. The Morgan fingerprint density at radius 1 is 1.04 bits per heavy atom. The molecule has 4 heteroatoms. The molecule has 1 aliphatic heterocycles. The van der Waals surface area contributed by atoms with E-state index >= 15 is 0 Å². The molecule has 134 valence electrons. The molecular formula is C22H26N4. The second-order valence-corrected chi connectivity index (χ2v) is 6.45. The maximum atomic E-state index is 4.33. The molecule has 0 spiro atoms. The van der Waals surface area contributed by atoms with Gasteiger partial charge in [0.15, 0.2) is 0 Å². The van der Waals surface area contributed by atoms with E-state index in [0.29, 0.717) is 6.04 Å². The normalized spacial score (nSPS) is 15.1. The number of rotatable bonds is 6. The summed E-state index contributed by atoms with van der Waals surface area (Å²) in [7, 11) is 2.05. The van der Waals surface area contributed by atoms with Crippen molar-refractivity contribution in [3.05, 3.63) is 72.6 Å². The van der Waals surface area contributed by atoms with Crippen molar-refractivity contribution in [3.63, 3.8) is 0 Å². The molecule has 0 unspecified atom stereocenters. The van der Waals surface area contributed by atoms with E-state index in [1.807, 2.05) is 43.7 Å². The highest BCUT2D eigenvalue weighted by Crippen LogP contribution is 2.31. The summed E-state index contributed by atoms with van der Waals surface area (Å²) in [5.41, 5.74) is 5.38. The predicted octanol–water partition coefficient (Wildman–Crippen LogP) is 6.38. The topological polar surface area (TPSA) is 40.0 Å². The van der Waals surface area contributed by atoms with Gasteiger partial charge in [-0.25, -0.2) is 0 Å². The fourth-order valence-corrected chi connectivity index (χ4v) is 3.01. The van der Waals surface area contributed by atoms with Crippen molar-refractivity contribution >= 4 is 22.6 Å². The molecule has 2 aromatic carbocycles. The van der Waals surface area contributed by atoms with Gasteiger partial charge in [0.2, 0.25) is 0 Å². The van der Waals surface area contributed by atoms with E-state index in [1.54, 1.807) is 0 Å². The van der Waals surface area contributed by atoms with Crippen LogP contribution in [0.5, 0.6) is 0 Å². The summed E-state index contributed by atoms with van der Waals surface area (Å²) in [6.45, 7) is 4.40. The fourth-order valence-electron chi connectivity index (χ4n) is 3.01. The number of hydrogen-bond donors (Lipinski definition) is 1. The Kier molecular flexibility index (Phi) is 5.84. The van der Waals surface area contributed by atoms with Gasteiger partial charge in [-0.15, -0.1) is 0 Å². The molecule has 0 aromatic heterocycles. The van der Waals surface area contributed by atoms with Crippen LogP contribution < -0.4 is 10.2 Å². The van der Waals surface area contributed by atoms with Gasteiger partial charge in [-0.05, 0) is 49.2 Å². The zero-order valence-corrected chi connectivity index (χ0v) is 15.7. The minimum atomic E-state index is 0.517. The van der Waals surface area contributed by atoms with Crippen LogP contribution in [-0.4, -0.2) is 13.1 Å². The van der Waals surface area contributed by atoms with Crippen LogP contribution in [0.4, 0.5) is 17.1 Å². The summed E-state index contributed by atoms with van der Waals surface area (Å²) in [5.74, 6) is 0. The molecule has 2 aromatic rings. The maximum Gasteiger partial charge on any atom is 0.0858 e. The van der Waals surface area contributed by atoms with Gasteiger partial charge in [0.1, 0.15) is 0 Å². The fraction of sp³-hybridized carbons (Fsp3) is 0.273. The SMILES string of the molecule is CCC(CC)Nc1ccc(N=NC=C2C=CN(C)c3ccccc32)cc1. The summed E-state index contributed by atoms with van der Waals surface area (Å²) in [6, 6.07) is 16.9. The minimum Gasteiger partial charge on any atom is -0.382 e. The molecule has 0 saturated carbocycles. The van der Waals surface area contributed by atoms with E-state index in [1.165, 1.54) is 11.3 Å². The number of allylic oxidation sites excluding steroid dienone is 2. The largest absolute Gasteiger partial charge is 0.382 e. The number of nitrogens with one attached hydrogen (secondary N) is 1. The van der Waals surface area contributed by atoms with Crippen molar-refractivity contribution in [2.24, 2.45) is 10.2 Å². The Balaban J connectivity index is 1.71. The Morgan fingerprint density at radius 2 is 1.77 bits per heavy atom. The lowest BCUT2D eigenvalue weighted by atomic mass is 10.0. The Bertz CT molecular complexity index is 814. The van der Waals surface area contributed by atoms with Crippen molar-refractivity contribution in [2.75, 3.05) is 17.3 Å². The van der Waals surface area contributed by atoms with E-state index in [4.69, 9.17) is 0 Å². The van der Waals surface area contributed by atoms with Gasteiger partial charge in [0.25, 0.3) is 0 Å². The van der Waals surface area contributed by atoms with Gasteiger partial charge < -0.3 is 10.2 Å². The van der Waals surface area contributed by atoms with E-state index in [-0.39, 0.29) is 0 Å². The average molecular weight is 346 g/mol. The van der Waals surface area contributed by atoms with Crippen LogP contribution in [0.3, 0.4) is 0 Å². The zero-order valence-electron chi connectivity index (χ0n) is 15.7. The third kappa shape index (κ3) is 4.20. The van der Waals surface area contributed by atoms with Crippen molar-refractivity contribution in [2.45, 2.75) is 32.7 Å². The van der Waals surface area contributed by atoms with Gasteiger partial charge in [-0.2, -0.15) is 10.2 Å². The van der Waals surface area contributed by atoms with Gasteiger partial charge in [0.05, 0.1) is 11.9 Å². The molecule has 0 atom stereocenters. The Labute approximate surface area is 156 Å². The van der Waals surface area contributed by atoms with Crippen LogP contribution in [0, 0.1) is 0 Å². The van der Waals surface area contributed by atoms with Crippen LogP contribution in [0.25, 0.3) is 5.57 Å². The molecule has 1 aliphatic rings. The second kappa shape index (κ2) is 8.48. The van der Waals surface area contributed by atoms with Crippen LogP contribution in [0.15, 0.2) is 77.2 Å². The van der Waals surface area contributed by atoms with Gasteiger partial charge in [0, 0.05) is 41.8 Å². The number of benzene rings is 2. The van der Waals surface area contributed by atoms with Gasteiger partial charge in [-0.3, -0.25) is 0 Å². The Morgan fingerprint density at radius 3 is 2.50 bits per heavy atom. The van der Waals surface area contributed by atoms with E-state index in [2.05, 4.69) is 64.6 Å². The summed E-state index contributed by atoms with van der Waals surface area (Å²) in [6.07, 6.45) is 8.16. The number of anilines is 2. The summed E-state index contributed by atoms with van der Waals surface area (Å²) in [5, 5.41) is 12.1. The first-order valence-electron chi connectivity index (χ1n) is 9.19. The van der Waals surface area contributed by atoms with E-state index in [9.17, 15) is 0 Å². The lowest BCUT2D eigenvalue weighted by Crippen LogP contribution is -2.16. The summed E-state index contributed by atoms with van der Waals surface area (Å²) < 4.78 is 0. The molecule has 0 aliphatic carbocycles. The monoisotopic (exact) mass is 346 g/mol. The molecule has 3 rings (SSSR count). The molecule has 0 amide bonds. The first-order valence-corrected chi connectivity index (χ1v) is 9.19. The average Bonchev–Trinajstić information content (AvgIpc) is 2.69. The summed E-state index contributed by atoms with van der Waals surface area (Å²) in [4.78, 5) is 2.11. The second-order valence-electron chi connectivity index (χ2n) is 6.45. The molecule has 0 radical (unpaired) electrons. The van der Waals surface area contributed by atoms with E-state index in [0.717, 1.165) is 29.8 Å². The van der Waals surface area contributed by atoms with Crippen molar-refractivity contribution in [1.82, 2.24) is 0 Å². The standard InChI is InChI=1S/C22H26N4/c1-4-18(5-2)24-19-10-12-20(13-11-19)25-23-16-17-14-15-26(3)22-9-7-6-8-21(17)22/h6-16,18,24H,4-5H2,1-3H3. The third-order valence-electron chi connectivity index (χ3n) is 4.67. The van der Waals surface area contributed by atoms with Crippen LogP contribution in [0.1, 0.15) is 32.3 Å². The van der Waals surface area contributed by atoms with Gasteiger partial charge >= 0.3 is 0 Å². The molecule has 0 fully saturated rings. The lowest BCUT2D eigenvalue weighted by Gasteiger charge is -2.23. The van der Waals surface area contributed by atoms with Crippen molar-refractivity contribution < 1.29 is 0 Å². The first-order chi connectivity index (χ1) is 12.7. The van der Waals surface area contributed by atoms with Crippen molar-refractivity contribution in [1.29, 1.82) is 0 Å². The third-order valence-corrected chi connectivity index (χ3v) is 4.67. The highest BCUT2D eigenvalue weighted by Gasteiger charge is 2.12. The van der Waals surface area contributed by atoms with Gasteiger partial charge in [-0.1, -0.05) is 32.0 Å². The molecular weight excluding hydrogens is 320 g/mol. The highest BCUT2D eigenvalue weighted by molar-refractivity contribution is 5.85. The number of nitrogens with zero attached hydrogens (tertiary/aromatic N) is 3. The number of azo groups is 1. The molecule has 1 N–H and O–H groups in total.